The Morgan fingerprint density at radius 2 is 1.85 bits per heavy atom. The minimum atomic E-state index is 0.338. The van der Waals surface area contributed by atoms with E-state index >= 15 is 0 Å². The Morgan fingerprint density at radius 1 is 1.10 bits per heavy atom. The van der Waals surface area contributed by atoms with Crippen LogP contribution in [0.4, 0.5) is 5.69 Å². The zero-order valence-corrected chi connectivity index (χ0v) is 11.6. The molecule has 5 heteroatoms. The van der Waals surface area contributed by atoms with E-state index < -0.39 is 0 Å². The Hall–Kier alpha value is -2.43. The van der Waals surface area contributed by atoms with Gasteiger partial charge >= 0.3 is 0 Å². The Kier molecular flexibility index (Phi) is 3.10. The summed E-state index contributed by atoms with van der Waals surface area (Å²) in [6.45, 7) is 4.13. The van der Waals surface area contributed by atoms with E-state index in [1.165, 1.54) is 5.56 Å². The van der Waals surface area contributed by atoms with Crippen molar-refractivity contribution >= 4 is 11.3 Å². The zero-order chi connectivity index (χ0) is 14.1. The lowest BCUT2D eigenvalue weighted by Crippen LogP contribution is -2.05. The molecule has 0 spiro atoms. The van der Waals surface area contributed by atoms with Gasteiger partial charge in [0.05, 0.1) is 5.69 Å². The lowest BCUT2D eigenvalue weighted by atomic mass is 9.97. The first-order chi connectivity index (χ1) is 9.63. The van der Waals surface area contributed by atoms with Crippen LogP contribution in [0.1, 0.15) is 29.9 Å². The molecule has 0 aliphatic rings. The molecule has 2 heterocycles. The van der Waals surface area contributed by atoms with Crippen LogP contribution < -0.4 is 5.73 Å². The van der Waals surface area contributed by atoms with Gasteiger partial charge in [-0.15, -0.1) is 10.2 Å². The second kappa shape index (κ2) is 4.92. The van der Waals surface area contributed by atoms with E-state index in [4.69, 9.17) is 5.73 Å². The molecule has 0 amide bonds. The quantitative estimate of drug-likeness (QED) is 0.740. The molecule has 0 radical (unpaired) electrons. The van der Waals surface area contributed by atoms with Gasteiger partial charge in [0, 0.05) is 12.1 Å². The number of benzene rings is 1. The minimum absolute atomic E-state index is 0.338. The molecule has 1 unspecified atom stereocenters. The molecular formula is C15H17N5. The lowest BCUT2D eigenvalue weighted by Gasteiger charge is -2.10. The third-order valence-electron chi connectivity index (χ3n) is 3.45. The number of rotatable bonds is 3. The summed E-state index contributed by atoms with van der Waals surface area (Å²) in [5, 5.41) is 12.9. The zero-order valence-electron chi connectivity index (χ0n) is 11.6. The van der Waals surface area contributed by atoms with E-state index in [1.807, 2.05) is 35.7 Å². The van der Waals surface area contributed by atoms with Crippen molar-refractivity contribution in [2.24, 2.45) is 0 Å². The number of hydrogen-bond donors (Lipinski definition) is 1. The monoisotopic (exact) mass is 267 g/mol. The Labute approximate surface area is 117 Å². The molecule has 3 rings (SSSR count). The van der Waals surface area contributed by atoms with Gasteiger partial charge in [0.1, 0.15) is 0 Å². The highest BCUT2D eigenvalue weighted by Crippen LogP contribution is 2.20. The van der Waals surface area contributed by atoms with E-state index in [1.54, 1.807) is 0 Å². The molecule has 2 aromatic heterocycles. The van der Waals surface area contributed by atoms with Gasteiger partial charge in [-0.25, -0.2) is 0 Å². The fourth-order valence-corrected chi connectivity index (χ4v) is 2.27. The maximum atomic E-state index is 5.72. The number of nitrogens with two attached hydrogens (primary N) is 1. The van der Waals surface area contributed by atoms with Crippen LogP contribution in [-0.4, -0.2) is 19.8 Å². The van der Waals surface area contributed by atoms with Gasteiger partial charge in [-0.1, -0.05) is 19.1 Å². The van der Waals surface area contributed by atoms with Crippen molar-refractivity contribution in [1.29, 1.82) is 0 Å². The lowest BCUT2D eigenvalue weighted by molar-refractivity contribution is 0.686. The van der Waals surface area contributed by atoms with Gasteiger partial charge in [-0.3, -0.25) is 0 Å². The first kappa shape index (κ1) is 12.6. The highest BCUT2D eigenvalue weighted by Gasteiger charge is 2.12. The second-order valence-corrected chi connectivity index (χ2v) is 5.13. The van der Waals surface area contributed by atoms with Crippen molar-refractivity contribution in [2.45, 2.75) is 26.2 Å². The first-order valence-corrected chi connectivity index (χ1v) is 6.67. The molecule has 0 bridgehead atoms. The highest BCUT2D eigenvalue weighted by atomic mass is 15.4. The van der Waals surface area contributed by atoms with Crippen molar-refractivity contribution in [2.75, 3.05) is 5.73 Å². The van der Waals surface area contributed by atoms with E-state index in [2.05, 4.69) is 34.4 Å². The normalized spacial score (nSPS) is 12.7. The van der Waals surface area contributed by atoms with Crippen LogP contribution in [-0.2, 0) is 6.42 Å². The van der Waals surface area contributed by atoms with Gasteiger partial charge in [0.25, 0.3) is 0 Å². The summed E-state index contributed by atoms with van der Waals surface area (Å²) in [7, 11) is 0. The number of nitrogen functional groups attached to an aromatic ring is 1. The summed E-state index contributed by atoms with van der Waals surface area (Å²) >= 11 is 0. The van der Waals surface area contributed by atoms with E-state index in [0.717, 1.165) is 29.3 Å². The second-order valence-electron chi connectivity index (χ2n) is 5.13. The predicted octanol–water partition coefficient (Wildman–Crippen LogP) is 2.36. The molecule has 2 N–H and O–H groups in total. The van der Waals surface area contributed by atoms with Crippen molar-refractivity contribution < 1.29 is 0 Å². The minimum Gasteiger partial charge on any atom is -0.399 e. The fraction of sp³-hybridized carbons (Fsp3) is 0.267. The number of anilines is 1. The molecule has 20 heavy (non-hydrogen) atoms. The summed E-state index contributed by atoms with van der Waals surface area (Å²) in [6.07, 6.45) is 0.793. The van der Waals surface area contributed by atoms with Gasteiger partial charge in [-0.2, -0.15) is 9.61 Å². The summed E-state index contributed by atoms with van der Waals surface area (Å²) in [5.74, 6) is 1.22. The molecule has 5 nitrogen and oxygen atoms in total. The summed E-state index contributed by atoms with van der Waals surface area (Å²) in [6, 6.07) is 11.8. The standard InChI is InChI=1S/C15H17N5/c1-10(12-4-6-13(16)7-5-12)9-15-18-17-14-8-3-11(2)19-20(14)15/h3-8,10H,9,16H2,1-2H3. The molecule has 0 aliphatic heterocycles. The summed E-state index contributed by atoms with van der Waals surface area (Å²) in [5.41, 5.74) is 9.48. The Morgan fingerprint density at radius 3 is 2.60 bits per heavy atom. The predicted molar refractivity (Wildman–Crippen MR) is 78.5 cm³/mol. The largest absolute Gasteiger partial charge is 0.399 e. The number of fused-ring (bicyclic) bond motifs is 1. The molecule has 1 atom stereocenters. The molecule has 102 valence electrons. The molecule has 0 fully saturated rings. The Bertz CT molecular complexity index is 730. The molecule has 0 saturated heterocycles. The maximum Gasteiger partial charge on any atom is 0.177 e. The average molecular weight is 267 g/mol. The number of aryl methyl sites for hydroxylation is 1. The van der Waals surface area contributed by atoms with Gasteiger partial charge in [0.15, 0.2) is 11.5 Å². The van der Waals surface area contributed by atoms with E-state index in [-0.39, 0.29) is 0 Å². The first-order valence-electron chi connectivity index (χ1n) is 6.67. The molecule has 3 aromatic rings. The Balaban J connectivity index is 1.89. The number of hydrogen-bond acceptors (Lipinski definition) is 4. The van der Waals surface area contributed by atoms with Crippen molar-refractivity contribution in [1.82, 2.24) is 19.8 Å². The number of aromatic nitrogens is 4. The molecular weight excluding hydrogens is 250 g/mol. The SMILES string of the molecule is Cc1ccc2nnc(CC(C)c3ccc(N)cc3)n2n1. The van der Waals surface area contributed by atoms with Crippen LogP contribution >= 0.6 is 0 Å². The maximum absolute atomic E-state index is 5.72. The van der Waals surface area contributed by atoms with Gasteiger partial charge in [0.2, 0.25) is 0 Å². The molecule has 1 aromatic carbocycles. The van der Waals surface area contributed by atoms with Crippen molar-refractivity contribution in [3.8, 4) is 0 Å². The summed E-state index contributed by atoms with van der Waals surface area (Å²) < 4.78 is 1.82. The fourth-order valence-electron chi connectivity index (χ4n) is 2.27. The van der Waals surface area contributed by atoms with Crippen molar-refractivity contribution in [3.05, 3.63) is 53.5 Å². The van der Waals surface area contributed by atoms with E-state index in [0.29, 0.717) is 5.92 Å². The number of nitrogens with zero attached hydrogens (tertiary/aromatic N) is 4. The third kappa shape index (κ3) is 2.34. The molecule has 0 saturated carbocycles. The third-order valence-corrected chi connectivity index (χ3v) is 3.45. The van der Waals surface area contributed by atoms with Crippen molar-refractivity contribution in [3.63, 3.8) is 0 Å². The molecule has 0 aliphatic carbocycles. The topological polar surface area (TPSA) is 69.1 Å². The van der Waals surface area contributed by atoms with E-state index in [9.17, 15) is 0 Å². The smallest absolute Gasteiger partial charge is 0.177 e. The van der Waals surface area contributed by atoms with Gasteiger partial charge < -0.3 is 5.73 Å². The highest BCUT2D eigenvalue weighted by molar-refractivity contribution is 5.40. The van der Waals surface area contributed by atoms with Crippen LogP contribution in [0, 0.1) is 6.92 Å². The van der Waals surface area contributed by atoms with Crippen LogP contribution in [0.2, 0.25) is 0 Å². The average Bonchev–Trinajstić information content (AvgIpc) is 2.82. The van der Waals surface area contributed by atoms with Crippen LogP contribution in [0.15, 0.2) is 36.4 Å². The van der Waals surface area contributed by atoms with Gasteiger partial charge in [-0.05, 0) is 42.7 Å². The van der Waals surface area contributed by atoms with Crippen LogP contribution in [0.3, 0.4) is 0 Å². The summed E-state index contributed by atoms with van der Waals surface area (Å²) in [4.78, 5) is 0. The van der Waals surface area contributed by atoms with Crippen LogP contribution in [0.5, 0.6) is 0 Å². The van der Waals surface area contributed by atoms with Crippen LogP contribution in [0.25, 0.3) is 5.65 Å².